The van der Waals surface area contributed by atoms with Gasteiger partial charge in [0.1, 0.15) is 11.6 Å². The number of benzene rings is 2. The molecule has 0 saturated heterocycles. The summed E-state index contributed by atoms with van der Waals surface area (Å²) < 4.78 is 5.10. The molecule has 9 heteroatoms. The van der Waals surface area contributed by atoms with Crippen molar-refractivity contribution in [1.29, 1.82) is 0 Å². The van der Waals surface area contributed by atoms with Gasteiger partial charge >= 0.3 is 18.0 Å². The predicted molar refractivity (Wildman–Crippen MR) is 120 cm³/mol. The van der Waals surface area contributed by atoms with Gasteiger partial charge in [-0.15, -0.1) is 0 Å². The van der Waals surface area contributed by atoms with Crippen LogP contribution in [0.25, 0.3) is 0 Å². The van der Waals surface area contributed by atoms with Crippen molar-refractivity contribution in [3.63, 3.8) is 0 Å². The first-order valence-corrected chi connectivity index (χ1v) is 10.3. The zero-order valence-electron chi connectivity index (χ0n) is 18.8. The van der Waals surface area contributed by atoms with Gasteiger partial charge in [0.15, 0.2) is 0 Å². The third kappa shape index (κ3) is 8.29. The number of carboxylic acid groups (broad SMARTS) is 2. The van der Waals surface area contributed by atoms with Crippen molar-refractivity contribution < 1.29 is 34.1 Å². The molecule has 2 aromatic carbocycles. The fourth-order valence-electron chi connectivity index (χ4n) is 3.15. The first kappa shape index (κ1) is 25.4. The topological polar surface area (TPSA) is 142 Å². The molecule has 0 fully saturated rings. The lowest BCUT2D eigenvalue weighted by Gasteiger charge is -2.23. The Balaban J connectivity index is 2.20. The average Bonchev–Trinajstić information content (AvgIpc) is 2.71. The molecule has 0 unspecified atom stereocenters. The lowest BCUT2D eigenvalue weighted by atomic mass is 9.94. The summed E-state index contributed by atoms with van der Waals surface area (Å²) in [6.07, 6.45) is -1.22. The standard InChI is InChI=1S/C24H28N2O7/c1-24(2,3)33-23(32)26-19(13-20(27)28)21(29)25-14-16-10-7-11-17(22(30)31)18(16)12-15-8-5-4-6-9-15/h4-11,19H,12-14H2,1-3H3,(H,25,29)(H,26,32)(H,27,28)(H,30,31)/t19-/m0/s1. The Bertz CT molecular complexity index is 1010. The number of amides is 2. The fourth-order valence-corrected chi connectivity index (χ4v) is 3.15. The lowest BCUT2D eigenvalue weighted by Crippen LogP contribution is -2.49. The van der Waals surface area contributed by atoms with E-state index in [2.05, 4.69) is 10.6 Å². The van der Waals surface area contributed by atoms with Gasteiger partial charge in [-0.05, 0) is 49.9 Å². The third-order valence-electron chi connectivity index (χ3n) is 4.57. The molecule has 33 heavy (non-hydrogen) atoms. The van der Waals surface area contributed by atoms with Crippen LogP contribution < -0.4 is 10.6 Å². The summed E-state index contributed by atoms with van der Waals surface area (Å²) in [5.74, 6) is -3.09. The van der Waals surface area contributed by atoms with Crippen LogP contribution in [0, 0.1) is 0 Å². The number of carbonyl (C=O) groups excluding carboxylic acids is 2. The van der Waals surface area contributed by atoms with Crippen molar-refractivity contribution in [2.24, 2.45) is 0 Å². The Morgan fingerprint density at radius 2 is 1.64 bits per heavy atom. The molecule has 0 heterocycles. The number of rotatable bonds is 9. The van der Waals surface area contributed by atoms with Gasteiger partial charge in [0, 0.05) is 6.54 Å². The average molecular weight is 456 g/mol. The number of aromatic carboxylic acids is 1. The molecule has 0 bridgehead atoms. The second kappa shape index (κ2) is 11.1. The van der Waals surface area contributed by atoms with Crippen molar-refractivity contribution in [2.75, 3.05) is 0 Å². The zero-order valence-corrected chi connectivity index (χ0v) is 18.8. The van der Waals surface area contributed by atoms with Crippen LogP contribution in [-0.4, -0.2) is 45.8 Å². The minimum atomic E-state index is -1.36. The summed E-state index contributed by atoms with van der Waals surface area (Å²) in [5.41, 5.74) is 1.29. The largest absolute Gasteiger partial charge is 0.481 e. The normalized spacial score (nSPS) is 11.8. The number of alkyl carbamates (subject to hydrolysis) is 1. The number of nitrogens with one attached hydrogen (secondary N) is 2. The van der Waals surface area contributed by atoms with E-state index in [1.165, 1.54) is 6.07 Å². The molecule has 176 valence electrons. The van der Waals surface area contributed by atoms with Gasteiger partial charge < -0.3 is 25.6 Å². The highest BCUT2D eigenvalue weighted by Crippen LogP contribution is 2.20. The highest BCUT2D eigenvalue weighted by atomic mass is 16.6. The number of carboxylic acids is 2. The Kier molecular flexibility index (Phi) is 8.56. The maximum absolute atomic E-state index is 12.7. The molecular weight excluding hydrogens is 428 g/mol. The summed E-state index contributed by atoms with van der Waals surface area (Å²) in [7, 11) is 0. The van der Waals surface area contributed by atoms with Crippen molar-refractivity contribution >= 4 is 23.9 Å². The van der Waals surface area contributed by atoms with Gasteiger partial charge in [0.25, 0.3) is 0 Å². The van der Waals surface area contributed by atoms with E-state index >= 15 is 0 Å². The van der Waals surface area contributed by atoms with Crippen LogP contribution in [0.1, 0.15) is 54.2 Å². The second-order valence-corrected chi connectivity index (χ2v) is 8.43. The van der Waals surface area contributed by atoms with Crippen molar-refractivity contribution in [3.8, 4) is 0 Å². The number of aliphatic carboxylic acids is 1. The summed E-state index contributed by atoms with van der Waals surface area (Å²) in [6, 6.07) is 12.7. The third-order valence-corrected chi connectivity index (χ3v) is 4.57. The fraction of sp³-hybridized carbons (Fsp3) is 0.333. The van der Waals surface area contributed by atoms with Gasteiger partial charge in [-0.1, -0.05) is 42.5 Å². The predicted octanol–water partition coefficient (Wildman–Crippen LogP) is 2.96. The van der Waals surface area contributed by atoms with Crippen LogP contribution in [0.5, 0.6) is 0 Å². The Hall–Kier alpha value is -3.88. The maximum atomic E-state index is 12.7. The number of carbonyl (C=O) groups is 4. The molecule has 0 aliphatic heterocycles. The molecule has 0 radical (unpaired) electrons. The maximum Gasteiger partial charge on any atom is 0.408 e. The molecule has 0 aromatic heterocycles. The van der Waals surface area contributed by atoms with E-state index in [1.807, 2.05) is 30.3 Å². The highest BCUT2D eigenvalue weighted by molar-refractivity contribution is 5.91. The number of hydrogen-bond acceptors (Lipinski definition) is 5. The van der Waals surface area contributed by atoms with Crippen molar-refractivity contribution in [3.05, 3.63) is 70.8 Å². The van der Waals surface area contributed by atoms with E-state index in [4.69, 9.17) is 9.84 Å². The van der Waals surface area contributed by atoms with E-state index in [0.717, 1.165) is 5.56 Å². The minimum absolute atomic E-state index is 0.0474. The van der Waals surface area contributed by atoms with E-state index in [0.29, 0.717) is 17.5 Å². The van der Waals surface area contributed by atoms with Crippen LogP contribution in [0.2, 0.25) is 0 Å². The van der Waals surface area contributed by atoms with E-state index in [9.17, 15) is 24.3 Å². The lowest BCUT2D eigenvalue weighted by molar-refractivity contribution is -0.139. The first-order chi connectivity index (χ1) is 15.5. The Labute approximate surface area is 191 Å². The van der Waals surface area contributed by atoms with Crippen LogP contribution in [0.4, 0.5) is 4.79 Å². The van der Waals surface area contributed by atoms with Crippen LogP contribution in [0.3, 0.4) is 0 Å². The zero-order chi connectivity index (χ0) is 24.6. The van der Waals surface area contributed by atoms with Gasteiger partial charge in [-0.2, -0.15) is 0 Å². The van der Waals surface area contributed by atoms with Gasteiger partial charge in [-0.25, -0.2) is 9.59 Å². The first-order valence-electron chi connectivity index (χ1n) is 10.3. The number of ether oxygens (including phenoxy) is 1. The molecule has 0 aliphatic carbocycles. The smallest absolute Gasteiger partial charge is 0.408 e. The monoisotopic (exact) mass is 456 g/mol. The Morgan fingerprint density at radius 3 is 2.21 bits per heavy atom. The molecule has 9 nitrogen and oxygen atoms in total. The van der Waals surface area contributed by atoms with Gasteiger partial charge in [0.2, 0.25) is 5.91 Å². The van der Waals surface area contributed by atoms with Gasteiger partial charge in [0.05, 0.1) is 12.0 Å². The molecule has 0 aliphatic rings. The molecular formula is C24H28N2O7. The second-order valence-electron chi connectivity index (χ2n) is 8.43. The summed E-state index contributed by atoms with van der Waals surface area (Å²) >= 11 is 0. The van der Waals surface area contributed by atoms with E-state index < -0.39 is 42.0 Å². The van der Waals surface area contributed by atoms with Crippen LogP contribution in [0.15, 0.2) is 48.5 Å². The molecule has 2 aromatic rings. The molecule has 0 spiro atoms. The highest BCUT2D eigenvalue weighted by Gasteiger charge is 2.26. The summed E-state index contributed by atoms with van der Waals surface area (Å²) in [5, 5.41) is 23.6. The van der Waals surface area contributed by atoms with Crippen LogP contribution >= 0.6 is 0 Å². The molecule has 2 rings (SSSR count). The summed E-state index contributed by atoms with van der Waals surface area (Å²) in [6.45, 7) is 4.88. The molecule has 1 atom stereocenters. The minimum Gasteiger partial charge on any atom is -0.481 e. The molecule has 0 saturated carbocycles. The quantitative estimate of drug-likeness (QED) is 0.454. The molecule has 2 amide bonds. The van der Waals surface area contributed by atoms with E-state index in [-0.39, 0.29) is 12.1 Å². The Morgan fingerprint density at radius 1 is 0.970 bits per heavy atom. The van der Waals surface area contributed by atoms with E-state index in [1.54, 1.807) is 32.9 Å². The SMILES string of the molecule is CC(C)(C)OC(=O)N[C@@H](CC(=O)O)C(=O)NCc1cccc(C(=O)O)c1Cc1ccccc1. The summed E-state index contributed by atoms with van der Waals surface area (Å²) in [4.78, 5) is 47.7. The van der Waals surface area contributed by atoms with Crippen molar-refractivity contribution in [1.82, 2.24) is 10.6 Å². The van der Waals surface area contributed by atoms with Gasteiger partial charge in [-0.3, -0.25) is 9.59 Å². The molecule has 4 N–H and O–H groups in total. The number of hydrogen-bond donors (Lipinski definition) is 4. The van der Waals surface area contributed by atoms with Crippen molar-refractivity contribution in [2.45, 2.75) is 51.8 Å². The van der Waals surface area contributed by atoms with Crippen LogP contribution in [-0.2, 0) is 27.3 Å².